The highest BCUT2D eigenvalue weighted by Gasteiger charge is 2.39. The van der Waals surface area contributed by atoms with E-state index in [0.29, 0.717) is 28.3 Å². The lowest BCUT2D eigenvalue weighted by Gasteiger charge is -2.29. The number of hydrogen-bond donors (Lipinski definition) is 3. The third kappa shape index (κ3) is 12.7. The van der Waals surface area contributed by atoms with E-state index in [1.54, 1.807) is 37.3 Å². The molecular formula is C30H43N3O10S2. The minimum absolute atomic E-state index is 0.0333. The lowest BCUT2D eigenvalue weighted by Crippen LogP contribution is -2.55. The van der Waals surface area contributed by atoms with Gasteiger partial charge >= 0.3 is 0 Å². The van der Waals surface area contributed by atoms with E-state index in [1.807, 2.05) is 6.92 Å². The van der Waals surface area contributed by atoms with E-state index in [1.165, 1.54) is 20.4 Å². The van der Waals surface area contributed by atoms with Crippen LogP contribution in [0.3, 0.4) is 0 Å². The average molecular weight is 670 g/mol. The third-order valence-corrected chi connectivity index (χ3v) is 8.95. The monoisotopic (exact) mass is 669 g/mol. The molecular weight excluding hydrogens is 626 g/mol. The van der Waals surface area contributed by atoms with Crippen LogP contribution in [0.25, 0.3) is 0 Å². The summed E-state index contributed by atoms with van der Waals surface area (Å²) >= 11 is 1.16. The predicted octanol–water partition coefficient (Wildman–Crippen LogP) is 1.61. The number of aliphatic hydroxyl groups is 1. The highest BCUT2D eigenvalue weighted by atomic mass is 32.2. The summed E-state index contributed by atoms with van der Waals surface area (Å²) in [5, 5.41) is 16.9. The first-order valence-electron chi connectivity index (χ1n) is 14.4. The zero-order chi connectivity index (χ0) is 33.6. The largest absolute Gasteiger partial charge is 0.384 e. The number of Topliss-reactive ketones (excluding diaryl/α,β-unsaturated/α-hetero) is 2. The molecule has 0 aliphatic carbocycles. The smallest absolute Gasteiger partial charge is 0.267 e. The maximum absolute atomic E-state index is 13.6. The van der Waals surface area contributed by atoms with Gasteiger partial charge in [-0.25, -0.2) is 4.98 Å². The molecule has 2 rings (SSSR count). The molecule has 13 nitrogen and oxygen atoms in total. The highest BCUT2D eigenvalue weighted by molar-refractivity contribution is 7.86. The maximum Gasteiger partial charge on any atom is 0.267 e. The van der Waals surface area contributed by atoms with Crippen molar-refractivity contribution < 1.29 is 46.4 Å². The molecule has 2 aromatic rings. The summed E-state index contributed by atoms with van der Waals surface area (Å²) in [7, 11) is -1.27. The van der Waals surface area contributed by atoms with E-state index in [0.717, 1.165) is 18.3 Å². The average Bonchev–Trinajstić information content (AvgIpc) is 3.44. The van der Waals surface area contributed by atoms with Gasteiger partial charge in [-0.3, -0.25) is 23.4 Å². The Labute approximate surface area is 268 Å². The summed E-state index contributed by atoms with van der Waals surface area (Å²) in [6.07, 6.45) is 1.96. The summed E-state index contributed by atoms with van der Waals surface area (Å²) in [6, 6.07) is 6.32. The van der Waals surface area contributed by atoms with Gasteiger partial charge < -0.3 is 25.2 Å². The molecule has 0 saturated heterocycles. The number of rotatable bonds is 21. The highest BCUT2D eigenvalue weighted by Crippen LogP contribution is 2.17. The molecule has 1 heterocycles. The Bertz CT molecular complexity index is 1380. The summed E-state index contributed by atoms with van der Waals surface area (Å²) in [5.74, 6) is -3.96. The summed E-state index contributed by atoms with van der Waals surface area (Å²) < 4.78 is 39.7. The number of ketones is 2. The van der Waals surface area contributed by atoms with Gasteiger partial charge in [0.15, 0.2) is 11.6 Å². The first-order valence-corrected chi connectivity index (χ1v) is 16.8. The van der Waals surface area contributed by atoms with Gasteiger partial charge in [0.25, 0.3) is 16.0 Å². The Morgan fingerprint density at radius 3 is 2.29 bits per heavy atom. The van der Waals surface area contributed by atoms with Crippen molar-refractivity contribution in [2.45, 2.75) is 64.1 Å². The van der Waals surface area contributed by atoms with Gasteiger partial charge in [0.1, 0.15) is 23.1 Å². The number of thiazole rings is 1. The van der Waals surface area contributed by atoms with E-state index in [2.05, 4.69) is 15.6 Å². The standard InChI is InChI=1S/C30H43N3O10S2/c1-6-7-13-45(39,40)43-19-30(3,38)27(35)23(14-21-11-9-8-10-12-21)32-28(36)22(17-41-4)15-25(34)24(18-42-5)33-29(37)26-16-31-20(2)44-26/h8-12,16,22-24,38H,6-7,13-15,17-19H2,1-5H3,(H,32,36)(H,33,37)/t22-,23-,24-,30+/m0/s1. The van der Waals surface area contributed by atoms with Gasteiger partial charge in [0.2, 0.25) is 5.91 Å². The number of methoxy groups -OCH3 is 2. The van der Waals surface area contributed by atoms with E-state index < -0.39 is 63.7 Å². The second-order valence-corrected chi connectivity index (χ2v) is 13.8. The molecule has 0 spiro atoms. The molecule has 0 aliphatic rings. The molecule has 45 heavy (non-hydrogen) atoms. The number of carbonyl (C=O) groups excluding carboxylic acids is 4. The number of aryl methyl sites for hydroxylation is 1. The normalized spacial score (nSPS) is 15.0. The topological polar surface area (TPSA) is 187 Å². The zero-order valence-electron chi connectivity index (χ0n) is 26.2. The van der Waals surface area contributed by atoms with Crippen molar-refractivity contribution in [3.05, 3.63) is 52.0 Å². The maximum atomic E-state index is 13.6. The van der Waals surface area contributed by atoms with Crippen molar-refractivity contribution in [3.63, 3.8) is 0 Å². The second kappa shape index (κ2) is 18.2. The third-order valence-electron chi connectivity index (χ3n) is 6.77. The Kier molecular flexibility index (Phi) is 15.4. The summed E-state index contributed by atoms with van der Waals surface area (Å²) in [6.45, 7) is 3.49. The van der Waals surface area contributed by atoms with Crippen LogP contribution in [0.15, 0.2) is 36.5 Å². The van der Waals surface area contributed by atoms with Gasteiger partial charge in [0.05, 0.1) is 42.1 Å². The first kappa shape index (κ1) is 38.1. The molecule has 0 saturated carbocycles. The molecule has 0 aliphatic heterocycles. The van der Waals surface area contributed by atoms with Crippen molar-refractivity contribution >= 4 is 44.8 Å². The summed E-state index contributed by atoms with van der Waals surface area (Å²) in [4.78, 5) is 57.5. The fourth-order valence-electron chi connectivity index (χ4n) is 4.27. The number of nitrogens with zero attached hydrogens (tertiary/aromatic N) is 1. The molecule has 2 amide bonds. The molecule has 4 atom stereocenters. The molecule has 250 valence electrons. The number of benzene rings is 1. The second-order valence-electron chi connectivity index (χ2n) is 10.8. The fourth-order valence-corrected chi connectivity index (χ4v) is 6.12. The van der Waals surface area contributed by atoms with Crippen molar-refractivity contribution in [2.24, 2.45) is 5.92 Å². The number of carbonyl (C=O) groups is 4. The van der Waals surface area contributed by atoms with E-state index in [9.17, 15) is 32.7 Å². The lowest BCUT2D eigenvalue weighted by atomic mass is 9.90. The van der Waals surface area contributed by atoms with Crippen LogP contribution in [-0.4, -0.2) is 99.4 Å². The number of hydrogen-bond acceptors (Lipinski definition) is 12. The minimum atomic E-state index is -3.99. The number of amides is 2. The molecule has 0 fully saturated rings. The van der Waals surface area contributed by atoms with E-state index in [4.69, 9.17) is 13.7 Å². The van der Waals surface area contributed by atoms with Crippen molar-refractivity contribution in [1.29, 1.82) is 0 Å². The van der Waals surface area contributed by atoms with Crippen LogP contribution in [0.2, 0.25) is 0 Å². The van der Waals surface area contributed by atoms with Gasteiger partial charge in [-0.2, -0.15) is 8.42 Å². The Hall–Kier alpha value is -3.08. The van der Waals surface area contributed by atoms with Crippen LogP contribution in [-0.2, 0) is 44.6 Å². The zero-order valence-corrected chi connectivity index (χ0v) is 27.9. The number of unbranched alkanes of at least 4 members (excludes halogenated alkanes) is 1. The van der Waals surface area contributed by atoms with E-state index >= 15 is 0 Å². The van der Waals surface area contributed by atoms with Gasteiger partial charge in [-0.1, -0.05) is 43.7 Å². The van der Waals surface area contributed by atoms with Crippen molar-refractivity contribution in [3.8, 4) is 0 Å². The number of nitrogens with one attached hydrogen (secondary N) is 2. The molecule has 15 heteroatoms. The molecule has 1 aromatic heterocycles. The van der Waals surface area contributed by atoms with Gasteiger partial charge in [-0.15, -0.1) is 11.3 Å². The quantitative estimate of drug-likeness (QED) is 0.164. The predicted molar refractivity (Wildman–Crippen MR) is 167 cm³/mol. The van der Waals surface area contributed by atoms with Crippen LogP contribution in [0.1, 0.15) is 53.4 Å². The molecule has 0 unspecified atom stereocenters. The minimum Gasteiger partial charge on any atom is -0.384 e. The SMILES string of the molecule is CCCCS(=O)(=O)OC[C@@](C)(O)C(=O)[C@H](Cc1ccccc1)NC(=O)[C@H](COC)CC(=O)[C@H](COC)NC(=O)c1cnc(C)s1. The summed E-state index contributed by atoms with van der Waals surface area (Å²) in [5.41, 5.74) is -1.62. The molecule has 0 radical (unpaired) electrons. The van der Waals surface area contributed by atoms with Gasteiger partial charge in [-0.05, 0) is 32.3 Å². The Balaban J connectivity index is 2.24. The fraction of sp³-hybridized carbons (Fsp3) is 0.567. The first-order chi connectivity index (χ1) is 21.2. The molecule has 0 bridgehead atoms. The lowest BCUT2D eigenvalue weighted by molar-refractivity contribution is -0.143. The van der Waals surface area contributed by atoms with Gasteiger partial charge in [0, 0.05) is 20.6 Å². The van der Waals surface area contributed by atoms with E-state index in [-0.39, 0.29) is 31.8 Å². The van der Waals surface area contributed by atoms with Crippen LogP contribution < -0.4 is 10.6 Å². The number of aromatic nitrogens is 1. The Morgan fingerprint density at radius 2 is 1.71 bits per heavy atom. The van der Waals surface area contributed by atoms with Crippen LogP contribution in [0.5, 0.6) is 0 Å². The van der Waals surface area contributed by atoms with Crippen LogP contribution in [0, 0.1) is 12.8 Å². The number of ether oxygens (including phenoxy) is 2. The van der Waals surface area contributed by atoms with Crippen molar-refractivity contribution in [1.82, 2.24) is 15.6 Å². The molecule has 3 N–H and O–H groups in total. The van der Waals surface area contributed by atoms with Crippen LogP contribution in [0.4, 0.5) is 0 Å². The Morgan fingerprint density at radius 1 is 1.04 bits per heavy atom. The van der Waals surface area contributed by atoms with Crippen molar-refractivity contribution in [2.75, 3.05) is 39.8 Å². The van der Waals surface area contributed by atoms with Crippen LogP contribution >= 0.6 is 11.3 Å². The molecule has 1 aromatic carbocycles.